The third kappa shape index (κ3) is 8.11. The number of morpholine rings is 1. The number of para-hydroxylation sites is 1. The summed E-state index contributed by atoms with van der Waals surface area (Å²) in [7, 11) is 1.69. The number of amides is 2. The zero-order chi connectivity index (χ0) is 44.2. The smallest absolute Gasteiger partial charge is 0.329 e. The average molecular weight is 891 g/mol. The number of aryl methyl sites for hydroxylation is 1. The molecule has 4 aromatic heterocycles. The lowest BCUT2D eigenvalue weighted by Gasteiger charge is -2.45. The quantitative estimate of drug-likeness (QED) is 0.176. The first-order valence-corrected chi connectivity index (χ1v) is 22.3. The van der Waals surface area contributed by atoms with E-state index in [9.17, 15) is 28.3 Å². The molecule has 64 heavy (non-hydrogen) atoms. The first-order valence-electron chi connectivity index (χ1n) is 22.3. The first kappa shape index (κ1) is 42.4. The summed E-state index contributed by atoms with van der Waals surface area (Å²) < 4.78 is 62.1. The summed E-state index contributed by atoms with van der Waals surface area (Å²) in [6.07, 6.45) is 3.32. The molecule has 0 bridgehead atoms. The number of fused-ring (bicyclic) bond motifs is 2. The zero-order valence-electron chi connectivity index (χ0n) is 35.6. The van der Waals surface area contributed by atoms with Gasteiger partial charge in [-0.2, -0.15) is 10.2 Å². The molecule has 1 aliphatic carbocycles. The summed E-state index contributed by atoms with van der Waals surface area (Å²) >= 11 is 0. The summed E-state index contributed by atoms with van der Waals surface area (Å²) in [6.45, 7) is 5.28. The van der Waals surface area contributed by atoms with E-state index >= 15 is 4.39 Å². The van der Waals surface area contributed by atoms with E-state index in [1.807, 2.05) is 24.3 Å². The molecule has 3 N–H and O–H groups in total. The second-order valence-corrected chi connectivity index (χ2v) is 17.8. The van der Waals surface area contributed by atoms with E-state index in [2.05, 4.69) is 40.5 Å². The van der Waals surface area contributed by atoms with Crippen LogP contribution in [0.1, 0.15) is 79.5 Å². The van der Waals surface area contributed by atoms with Gasteiger partial charge in [0.25, 0.3) is 12.3 Å². The van der Waals surface area contributed by atoms with Crippen LogP contribution in [0.25, 0.3) is 16.7 Å². The van der Waals surface area contributed by atoms with Crippen LogP contribution in [0.2, 0.25) is 0 Å². The highest BCUT2D eigenvalue weighted by molar-refractivity contribution is 6.08. The number of nitrogens with one attached hydrogen (secondary N) is 2. The minimum Gasteiger partial charge on any atom is -0.378 e. The topological polar surface area (TPSA) is 182 Å². The zero-order valence-corrected chi connectivity index (χ0v) is 35.6. The molecule has 2 amide bonds. The molecular formula is C43H53F3N12O6. The third-order valence-electron chi connectivity index (χ3n) is 13.7. The number of carbonyl (C=O) groups excluding carboxylic acids is 2. The lowest BCUT2D eigenvalue weighted by Crippen LogP contribution is -2.56. The number of aliphatic hydroxyl groups is 1. The van der Waals surface area contributed by atoms with E-state index in [1.165, 1.54) is 21.5 Å². The van der Waals surface area contributed by atoms with Crippen LogP contribution in [0, 0.1) is 5.92 Å². The van der Waals surface area contributed by atoms with E-state index in [-0.39, 0.29) is 41.5 Å². The largest absolute Gasteiger partial charge is 0.378 e. The number of imidazole rings is 1. The van der Waals surface area contributed by atoms with Crippen LogP contribution in [0.3, 0.4) is 0 Å². The normalized spacial score (nSPS) is 26.2. The maximum absolute atomic E-state index is 15.7. The Morgan fingerprint density at radius 2 is 1.81 bits per heavy atom. The molecule has 0 spiro atoms. The van der Waals surface area contributed by atoms with E-state index in [4.69, 9.17) is 9.47 Å². The summed E-state index contributed by atoms with van der Waals surface area (Å²) in [5.74, 6) is 0.0108. The number of carbonyl (C=O) groups is 2. The predicted molar refractivity (Wildman–Crippen MR) is 229 cm³/mol. The van der Waals surface area contributed by atoms with Crippen molar-refractivity contribution in [3.8, 4) is 0 Å². The number of nitrogens with zero attached hydrogens (tertiary/aromatic N) is 10. The number of rotatable bonds is 11. The van der Waals surface area contributed by atoms with Gasteiger partial charge in [0.1, 0.15) is 29.8 Å². The molecule has 1 aromatic carbocycles. The number of anilines is 3. The van der Waals surface area contributed by atoms with Crippen LogP contribution in [0.4, 0.5) is 30.4 Å². The minimum absolute atomic E-state index is 0.0483. The molecule has 8 heterocycles. The van der Waals surface area contributed by atoms with Crippen molar-refractivity contribution in [2.24, 2.45) is 13.0 Å². The monoisotopic (exact) mass is 890 g/mol. The van der Waals surface area contributed by atoms with Crippen LogP contribution in [0.5, 0.6) is 0 Å². The molecule has 4 atom stereocenters. The second-order valence-electron chi connectivity index (χ2n) is 17.8. The Bertz CT molecular complexity index is 2580. The van der Waals surface area contributed by atoms with E-state index in [0.29, 0.717) is 106 Å². The molecule has 342 valence electrons. The van der Waals surface area contributed by atoms with Gasteiger partial charge in [0.05, 0.1) is 60.1 Å². The highest BCUT2D eigenvalue weighted by Gasteiger charge is 2.39. The fourth-order valence-electron chi connectivity index (χ4n) is 10.2. The Kier molecular flexibility index (Phi) is 11.6. The summed E-state index contributed by atoms with van der Waals surface area (Å²) in [4.78, 5) is 50.6. The van der Waals surface area contributed by atoms with Crippen LogP contribution in [0.15, 0.2) is 47.7 Å². The molecule has 21 heteroatoms. The number of likely N-dealkylation sites (tertiary alicyclic amines) is 1. The lowest BCUT2D eigenvalue weighted by atomic mass is 9.85. The summed E-state index contributed by atoms with van der Waals surface area (Å²) in [5, 5.41) is 23.6. The fraction of sp³-hybridized carbons (Fsp3) is 0.581. The van der Waals surface area contributed by atoms with Gasteiger partial charge in [-0.05, 0) is 69.1 Å². The number of piperidine rings is 2. The van der Waals surface area contributed by atoms with Gasteiger partial charge in [-0.3, -0.25) is 28.3 Å². The van der Waals surface area contributed by atoms with Gasteiger partial charge in [0.15, 0.2) is 11.3 Å². The summed E-state index contributed by atoms with van der Waals surface area (Å²) in [5.41, 5.74) is 1.84. The Morgan fingerprint density at radius 3 is 2.56 bits per heavy atom. The molecule has 5 aromatic rings. The number of halogens is 3. The maximum atomic E-state index is 15.7. The first-order chi connectivity index (χ1) is 31.0. The van der Waals surface area contributed by atoms with Gasteiger partial charge in [0.2, 0.25) is 5.91 Å². The second kappa shape index (κ2) is 17.5. The van der Waals surface area contributed by atoms with Crippen molar-refractivity contribution in [3.63, 3.8) is 0 Å². The Labute approximate surface area is 365 Å². The SMILES string of the molecule is Cn1c(=O)n(C2CCC(O)NC2=O)c2cccc(N3CC(O[C@H]4CCN(C[C@H]5CC[C@H](n6cc(NC(=O)c7cnn8ccc(N9CCOCC9)nc78)c(C(F)F)n6)CC5)C[C@@H]4F)C3)c21. The molecular weight excluding hydrogens is 838 g/mol. The summed E-state index contributed by atoms with van der Waals surface area (Å²) in [6, 6.07) is 6.62. The highest BCUT2D eigenvalue weighted by atomic mass is 19.3. The molecule has 2 unspecified atom stereocenters. The Balaban J connectivity index is 0.704. The van der Waals surface area contributed by atoms with E-state index in [1.54, 1.807) is 22.5 Å². The fourth-order valence-corrected chi connectivity index (χ4v) is 10.2. The molecule has 5 fully saturated rings. The van der Waals surface area contributed by atoms with Crippen molar-refractivity contribution in [3.05, 3.63) is 64.6 Å². The van der Waals surface area contributed by atoms with E-state index in [0.717, 1.165) is 25.1 Å². The van der Waals surface area contributed by atoms with E-state index < -0.39 is 42.6 Å². The number of alkyl halides is 3. The molecule has 0 radical (unpaired) electrons. The van der Waals surface area contributed by atoms with Crippen LogP contribution >= 0.6 is 0 Å². The average Bonchev–Trinajstić information content (AvgIpc) is 3.97. The molecule has 4 saturated heterocycles. The van der Waals surface area contributed by atoms with Gasteiger partial charge in [-0.25, -0.2) is 27.5 Å². The number of aromatic nitrogens is 7. The van der Waals surface area contributed by atoms with Crippen molar-refractivity contribution >= 4 is 45.7 Å². The molecule has 5 aliphatic rings. The van der Waals surface area contributed by atoms with Crippen LogP contribution < -0.4 is 26.1 Å². The van der Waals surface area contributed by atoms with Crippen LogP contribution in [-0.2, 0) is 21.3 Å². The van der Waals surface area contributed by atoms with Crippen molar-refractivity contribution in [1.82, 2.24) is 43.7 Å². The molecule has 10 rings (SSSR count). The third-order valence-corrected chi connectivity index (χ3v) is 13.7. The maximum Gasteiger partial charge on any atom is 0.329 e. The van der Waals surface area contributed by atoms with Gasteiger partial charge in [-0.15, -0.1) is 0 Å². The number of benzene rings is 1. The van der Waals surface area contributed by atoms with Gasteiger partial charge in [-0.1, -0.05) is 6.07 Å². The van der Waals surface area contributed by atoms with Gasteiger partial charge in [0, 0.05) is 65.3 Å². The predicted octanol–water partition coefficient (Wildman–Crippen LogP) is 3.42. The van der Waals surface area contributed by atoms with Crippen molar-refractivity contribution in [2.75, 3.05) is 74.1 Å². The Morgan fingerprint density at radius 1 is 1.02 bits per heavy atom. The minimum atomic E-state index is -2.90. The van der Waals surface area contributed by atoms with Gasteiger partial charge < -0.3 is 35.0 Å². The Hall–Kier alpha value is -5.51. The van der Waals surface area contributed by atoms with Gasteiger partial charge >= 0.3 is 5.69 Å². The number of aliphatic hydroxyl groups excluding tert-OH is 1. The van der Waals surface area contributed by atoms with Crippen molar-refractivity contribution in [2.45, 2.75) is 88.1 Å². The standard InChI is InChI=1S/C43H53F3N12O6/c1-52-38-31(3-2-4-32(38)58(43(52)62)33-9-10-36(59)50-42(33)61)55-21-27(22-55)64-34-11-13-53(23-29(34)44)20-25-5-7-26(8-6-25)57-24-30(37(51-57)39(45)46)48-41(60)28-19-47-56-14-12-35(49-40(28)56)54-15-17-63-18-16-54/h2-4,12,14,19,24-27,29,33-34,36,39,59H,5-11,13,15-18,20-23H2,1H3,(H,48,60)(H,50,61)/t25-,26-,29-,33?,34-,36?/m0/s1. The lowest BCUT2D eigenvalue weighted by molar-refractivity contribution is -0.130. The molecule has 4 aliphatic heterocycles. The number of hydrogen-bond donors (Lipinski definition) is 3. The number of ether oxygens (including phenoxy) is 2. The number of hydrogen-bond acceptors (Lipinski definition) is 12. The van der Waals surface area contributed by atoms with Crippen molar-refractivity contribution in [1.29, 1.82) is 0 Å². The molecule has 1 saturated carbocycles. The van der Waals surface area contributed by atoms with Crippen molar-refractivity contribution < 1.29 is 37.3 Å². The molecule has 18 nitrogen and oxygen atoms in total. The van der Waals surface area contributed by atoms with Crippen LogP contribution in [-0.4, -0.2) is 139 Å². The highest BCUT2D eigenvalue weighted by Crippen LogP contribution is 2.37.